The topological polar surface area (TPSA) is 30.7 Å². The summed E-state index contributed by atoms with van der Waals surface area (Å²) >= 11 is 1.31. The van der Waals surface area contributed by atoms with Gasteiger partial charge in [-0.2, -0.15) is 18.3 Å². The quantitative estimate of drug-likeness (QED) is 0.425. The minimum atomic E-state index is -4.55. The fourth-order valence-corrected chi connectivity index (χ4v) is 3.51. The van der Waals surface area contributed by atoms with Gasteiger partial charge in [0.1, 0.15) is 5.82 Å². The molecule has 0 aliphatic heterocycles. The molecule has 3 nitrogen and oxygen atoms in total. The number of alkyl halides is 3. The van der Waals surface area contributed by atoms with Crippen molar-refractivity contribution in [3.05, 3.63) is 64.9 Å². The molecule has 0 bridgehead atoms. The highest BCUT2D eigenvalue weighted by Crippen LogP contribution is 2.39. The summed E-state index contributed by atoms with van der Waals surface area (Å²) in [7, 11) is 0. The summed E-state index contributed by atoms with van der Waals surface area (Å²) in [6.07, 6.45) is -4.55. The molecule has 0 unspecified atom stereocenters. The minimum absolute atomic E-state index is 0.0536. The fraction of sp³-hybridized carbons (Fsp3) is 0.111. The monoisotopic (exact) mass is 377 g/mol. The zero-order chi connectivity index (χ0) is 18.5. The van der Waals surface area contributed by atoms with Crippen molar-refractivity contribution in [1.29, 1.82) is 0 Å². The smallest absolute Gasteiger partial charge is 0.227 e. The maximum atomic E-state index is 13.7. The molecule has 3 aromatic heterocycles. The average Bonchev–Trinajstić information content (AvgIpc) is 3.23. The molecule has 26 heavy (non-hydrogen) atoms. The summed E-state index contributed by atoms with van der Waals surface area (Å²) < 4.78 is 55.5. The maximum absolute atomic E-state index is 13.7. The van der Waals surface area contributed by atoms with E-state index in [4.69, 9.17) is 0 Å². The predicted octanol–water partition coefficient (Wildman–Crippen LogP) is 5.62. The van der Waals surface area contributed by atoms with Crippen LogP contribution >= 0.6 is 11.3 Å². The number of aryl methyl sites for hydroxylation is 1. The van der Waals surface area contributed by atoms with Crippen LogP contribution in [0.1, 0.15) is 11.3 Å². The van der Waals surface area contributed by atoms with Crippen LogP contribution in [0.5, 0.6) is 0 Å². The van der Waals surface area contributed by atoms with Crippen LogP contribution in [0.3, 0.4) is 0 Å². The van der Waals surface area contributed by atoms with Crippen molar-refractivity contribution in [1.82, 2.24) is 14.8 Å². The Morgan fingerprint density at radius 2 is 1.81 bits per heavy atom. The molecule has 0 aliphatic rings. The summed E-state index contributed by atoms with van der Waals surface area (Å²) in [4.78, 5) is 5.06. The predicted molar refractivity (Wildman–Crippen MR) is 91.9 cm³/mol. The van der Waals surface area contributed by atoms with Crippen LogP contribution in [-0.4, -0.2) is 14.8 Å². The molecule has 8 heteroatoms. The number of hydrogen-bond donors (Lipinski definition) is 0. The van der Waals surface area contributed by atoms with Crippen molar-refractivity contribution in [3.63, 3.8) is 0 Å². The molecule has 3 heterocycles. The largest absolute Gasteiger partial charge is 0.417 e. The van der Waals surface area contributed by atoms with Crippen LogP contribution in [0.4, 0.5) is 17.6 Å². The van der Waals surface area contributed by atoms with Gasteiger partial charge < -0.3 is 0 Å². The molecule has 0 amide bonds. The van der Waals surface area contributed by atoms with Gasteiger partial charge in [-0.3, -0.25) is 0 Å². The third kappa shape index (κ3) is 2.76. The Morgan fingerprint density at radius 3 is 2.42 bits per heavy atom. The zero-order valence-electron chi connectivity index (χ0n) is 13.4. The van der Waals surface area contributed by atoms with Gasteiger partial charge in [-0.05, 0) is 48.7 Å². The van der Waals surface area contributed by atoms with E-state index in [0.29, 0.717) is 10.6 Å². The first-order chi connectivity index (χ1) is 12.3. The van der Waals surface area contributed by atoms with Crippen molar-refractivity contribution in [2.45, 2.75) is 13.1 Å². The average molecular weight is 377 g/mol. The van der Waals surface area contributed by atoms with Crippen LogP contribution in [0.15, 0.2) is 47.8 Å². The second-order valence-corrected chi connectivity index (χ2v) is 6.65. The van der Waals surface area contributed by atoms with Gasteiger partial charge in [0, 0.05) is 0 Å². The van der Waals surface area contributed by atoms with E-state index in [1.165, 1.54) is 47.2 Å². The molecular weight excluding hydrogens is 366 g/mol. The third-order valence-corrected chi connectivity index (χ3v) is 4.86. The molecule has 4 rings (SSSR count). The number of rotatable bonds is 2. The van der Waals surface area contributed by atoms with Crippen LogP contribution in [0, 0.1) is 12.7 Å². The maximum Gasteiger partial charge on any atom is 0.417 e. The number of halogens is 4. The Balaban J connectivity index is 2.06. The van der Waals surface area contributed by atoms with Gasteiger partial charge in [-0.1, -0.05) is 6.07 Å². The molecule has 4 aromatic rings. The molecule has 0 fully saturated rings. The summed E-state index contributed by atoms with van der Waals surface area (Å²) in [6, 6.07) is 9.88. The fourth-order valence-electron chi connectivity index (χ4n) is 2.83. The first-order valence-corrected chi connectivity index (χ1v) is 8.50. The molecule has 1 aromatic carbocycles. The van der Waals surface area contributed by atoms with E-state index in [2.05, 4.69) is 10.1 Å². The van der Waals surface area contributed by atoms with Crippen LogP contribution in [-0.2, 0) is 6.18 Å². The van der Waals surface area contributed by atoms with E-state index in [9.17, 15) is 17.6 Å². The normalized spacial score (nSPS) is 12.0. The van der Waals surface area contributed by atoms with Gasteiger partial charge in [0.15, 0.2) is 5.65 Å². The minimum Gasteiger partial charge on any atom is -0.227 e. The number of nitrogens with zero attached hydrogens (tertiary/aromatic N) is 3. The molecule has 0 spiro atoms. The zero-order valence-corrected chi connectivity index (χ0v) is 14.2. The second-order valence-electron chi connectivity index (χ2n) is 5.70. The Bertz CT molecular complexity index is 1080. The lowest BCUT2D eigenvalue weighted by Crippen LogP contribution is -2.07. The lowest BCUT2D eigenvalue weighted by atomic mass is 10.1. The highest BCUT2D eigenvalue weighted by Gasteiger charge is 2.36. The molecule has 0 N–H and O–H groups in total. The van der Waals surface area contributed by atoms with Gasteiger partial charge in [-0.15, -0.1) is 11.3 Å². The Labute approximate surface area is 149 Å². The van der Waals surface area contributed by atoms with E-state index in [0.717, 1.165) is 6.07 Å². The van der Waals surface area contributed by atoms with Crippen molar-refractivity contribution in [2.24, 2.45) is 0 Å². The van der Waals surface area contributed by atoms with Crippen molar-refractivity contribution >= 4 is 22.4 Å². The molecule has 132 valence electrons. The van der Waals surface area contributed by atoms with E-state index in [1.54, 1.807) is 17.5 Å². The van der Waals surface area contributed by atoms with Gasteiger partial charge in [-0.25, -0.2) is 14.1 Å². The Kier molecular flexibility index (Phi) is 3.80. The highest BCUT2D eigenvalue weighted by molar-refractivity contribution is 7.13. The van der Waals surface area contributed by atoms with Gasteiger partial charge in [0.2, 0.25) is 0 Å². The second kappa shape index (κ2) is 5.91. The molecule has 0 saturated heterocycles. The summed E-state index contributed by atoms with van der Waals surface area (Å²) in [5.74, 6) is -0.440. The summed E-state index contributed by atoms with van der Waals surface area (Å²) in [5, 5.41) is 5.94. The van der Waals surface area contributed by atoms with E-state index in [1.807, 2.05) is 0 Å². The number of fused-ring (bicyclic) bond motifs is 1. The molecule has 0 radical (unpaired) electrons. The SMILES string of the molecule is Cc1nn(-c2ccc(F)cc2)c2nc(-c3cccs3)cc(C(F)(F)F)c12. The first-order valence-electron chi connectivity index (χ1n) is 7.62. The Hall–Kier alpha value is -2.74. The highest BCUT2D eigenvalue weighted by atomic mass is 32.1. The van der Waals surface area contributed by atoms with Crippen LogP contribution in [0.25, 0.3) is 27.3 Å². The standard InChI is InChI=1S/C18H11F4N3S/c1-10-16-13(18(20,21)22)9-14(15-3-2-8-26-15)23-17(16)25(24-10)12-6-4-11(19)5-7-12/h2-9H,1H3. The lowest BCUT2D eigenvalue weighted by molar-refractivity contribution is -0.136. The lowest BCUT2D eigenvalue weighted by Gasteiger charge is -2.11. The van der Waals surface area contributed by atoms with Gasteiger partial charge in [0.25, 0.3) is 0 Å². The number of benzene rings is 1. The van der Waals surface area contributed by atoms with Gasteiger partial charge in [0.05, 0.1) is 32.9 Å². The molecular formula is C18H11F4N3S. The number of hydrogen-bond acceptors (Lipinski definition) is 3. The van der Waals surface area contributed by atoms with E-state index < -0.39 is 17.6 Å². The van der Waals surface area contributed by atoms with Crippen molar-refractivity contribution in [2.75, 3.05) is 0 Å². The molecule has 0 aliphatic carbocycles. The molecule has 0 saturated carbocycles. The van der Waals surface area contributed by atoms with Gasteiger partial charge >= 0.3 is 6.18 Å². The summed E-state index contributed by atoms with van der Waals surface area (Å²) in [5.41, 5.74) is 0.183. The number of aromatic nitrogens is 3. The van der Waals surface area contributed by atoms with Crippen LogP contribution in [0.2, 0.25) is 0 Å². The third-order valence-electron chi connectivity index (χ3n) is 3.96. The molecule has 0 atom stereocenters. The van der Waals surface area contributed by atoms with Crippen molar-refractivity contribution < 1.29 is 17.6 Å². The van der Waals surface area contributed by atoms with Crippen molar-refractivity contribution in [3.8, 4) is 16.3 Å². The van der Waals surface area contributed by atoms with Crippen LogP contribution < -0.4 is 0 Å². The number of thiophene rings is 1. The van der Waals surface area contributed by atoms with E-state index in [-0.39, 0.29) is 22.4 Å². The number of pyridine rings is 1. The Morgan fingerprint density at radius 1 is 1.08 bits per heavy atom. The first kappa shape index (κ1) is 16.7. The van der Waals surface area contributed by atoms with E-state index >= 15 is 0 Å². The summed E-state index contributed by atoms with van der Waals surface area (Å²) in [6.45, 7) is 1.50.